The number of para-hydroxylation sites is 1. The molecule has 2 rings (SSSR count). The number of nitrogens with zero attached hydrogens (tertiary/aromatic N) is 2. The average molecular weight is 303 g/mol. The maximum Gasteiger partial charge on any atom is 0.224 e. The van der Waals surface area contributed by atoms with E-state index in [2.05, 4.69) is 33.1 Å². The van der Waals surface area contributed by atoms with Crippen molar-refractivity contribution in [3.8, 4) is 0 Å². The number of nitrogens with one attached hydrogen (secondary N) is 1. The summed E-state index contributed by atoms with van der Waals surface area (Å²) in [6.07, 6.45) is 2.48. The number of hydrogen-bond acceptors (Lipinski definition) is 3. The van der Waals surface area contributed by atoms with E-state index in [9.17, 15) is 4.79 Å². The molecule has 5 heteroatoms. The summed E-state index contributed by atoms with van der Waals surface area (Å²) in [5.74, 6) is 0.0662. The highest BCUT2D eigenvalue weighted by Crippen LogP contribution is 2.21. The van der Waals surface area contributed by atoms with E-state index >= 15 is 0 Å². The third-order valence-corrected chi connectivity index (χ3v) is 3.64. The van der Waals surface area contributed by atoms with Gasteiger partial charge in [0, 0.05) is 43.8 Å². The molecule has 1 N–H and O–H groups in total. The van der Waals surface area contributed by atoms with Crippen LogP contribution in [0.25, 0.3) is 10.9 Å². The minimum Gasteiger partial charge on any atom is -0.383 e. The van der Waals surface area contributed by atoms with Gasteiger partial charge in [0.25, 0.3) is 0 Å². The van der Waals surface area contributed by atoms with Crippen LogP contribution >= 0.6 is 0 Å². The lowest BCUT2D eigenvalue weighted by Crippen LogP contribution is -2.32. The fourth-order valence-corrected chi connectivity index (χ4v) is 2.49. The summed E-state index contributed by atoms with van der Waals surface area (Å²) in [4.78, 5) is 14.1. The molecule has 0 atom stereocenters. The standard InChI is InChI=1S/C17H25N3O2/c1-19(2)9-8-18-17(21)12-14-13-20(10-11-22-3)16-7-5-4-6-15(14)16/h4-7,13H,8-12H2,1-3H3,(H,18,21). The molecule has 0 saturated carbocycles. The van der Waals surface area contributed by atoms with Gasteiger partial charge in [0.05, 0.1) is 13.0 Å². The van der Waals surface area contributed by atoms with Crippen molar-refractivity contribution in [2.45, 2.75) is 13.0 Å². The first-order valence-electron chi connectivity index (χ1n) is 7.59. The van der Waals surface area contributed by atoms with Gasteiger partial charge in [0.1, 0.15) is 0 Å². The number of rotatable bonds is 8. The minimum absolute atomic E-state index is 0.0662. The van der Waals surface area contributed by atoms with Gasteiger partial charge in [-0.05, 0) is 25.7 Å². The van der Waals surface area contributed by atoms with Crippen LogP contribution in [0.5, 0.6) is 0 Å². The molecule has 0 radical (unpaired) electrons. The number of carbonyl (C=O) groups is 1. The molecule has 0 saturated heterocycles. The Morgan fingerprint density at radius 3 is 2.82 bits per heavy atom. The molecule has 0 bridgehead atoms. The second kappa shape index (κ2) is 7.96. The summed E-state index contributed by atoms with van der Waals surface area (Å²) < 4.78 is 7.31. The van der Waals surface area contributed by atoms with E-state index in [1.54, 1.807) is 7.11 Å². The third kappa shape index (κ3) is 4.32. The van der Waals surface area contributed by atoms with Crippen molar-refractivity contribution in [3.63, 3.8) is 0 Å². The Morgan fingerprint density at radius 2 is 2.09 bits per heavy atom. The van der Waals surface area contributed by atoms with E-state index in [0.29, 0.717) is 19.6 Å². The van der Waals surface area contributed by atoms with Gasteiger partial charge in [-0.3, -0.25) is 4.79 Å². The van der Waals surface area contributed by atoms with Gasteiger partial charge in [0.15, 0.2) is 0 Å². The highest BCUT2D eigenvalue weighted by molar-refractivity contribution is 5.89. The number of amides is 1. The van der Waals surface area contributed by atoms with Crippen LogP contribution in [0.4, 0.5) is 0 Å². The Labute approximate surface area is 131 Å². The molecule has 1 amide bonds. The second-order valence-electron chi connectivity index (χ2n) is 5.69. The molecule has 1 aromatic carbocycles. The van der Waals surface area contributed by atoms with E-state index < -0.39 is 0 Å². The summed E-state index contributed by atoms with van der Waals surface area (Å²) in [7, 11) is 5.69. The van der Waals surface area contributed by atoms with Gasteiger partial charge >= 0.3 is 0 Å². The van der Waals surface area contributed by atoms with Gasteiger partial charge < -0.3 is 19.5 Å². The van der Waals surface area contributed by atoms with Crippen LogP contribution in [-0.2, 0) is 22.5 Å². The molecule has 22 heavy (non-hydrogen) atoms. The molecule has 2 aromatic rings. The van der Waals surface area contributed by atoms with Crippen LogP contribution in [0.1, 0.15) is 5.56 Å². The number of likely N-dealkylation sites (N-methyl/N-ethyl adjacent to an activating group) is 1. The average Bonchev–Trinajstić information content (AvgIpc) is 2.83. The smallest absolute Gasteiger partial charge is 0.224 e. The number of methoxy groups -OCH3 is 1. The zero-order valence-corrected chi connectivity index (χ0v) is 13.6. The van der Waals surface area contributed by atoms with E-state index in [1.807, 2.05) is 26.2 Å². The molecule has 0 aliphatic carbocycles. The van der Waals surface area contributed by atoms with Crippen molar-refractivity contribution in [1.82, 2.24) is 14.8 Å². The monoisotopic (exact) mass is 303 g/mol. The summed E-state index contributed by atoms with van der Waals surface area (Å²) in [6.45, 7) is 2.97. The Bertz CT molecular complexity index is 619. The highest BCUT2D eigenvalue weighted by Gasteiger charge is 2.11. The molecule has 1 aromatic heterocycles. The second-order valence-corrected chi connectivity index (χ2v) is 5.69. The molecular weight excluding hydrogens is 278 g/mol. The summed E-state index contributed by atoms with van der Waals surface area (Å²) in [5, 5.41) is 4.11. The summed E-state index contributed by atoms with van der Waals surface area (Å²) >= 11 is 0. The maximum atomic E-state index is 12.1. The van der Waals surface area contributed by atoms with E-state index in [0.717, 1.165) is 29.6 Å². The van der Waals surface area contributed by atoms with E-state index in [4.69, 9.17) is 4.74 Å². The first-order valence-corrected chi connectivity index (χ1v) is 7.59. The number of carbonyl (C=O) groups excluding carboxylic acids is 1. The van der Waals surface area contributed by atoms with E-state index in [-0.39, 0.29) is 5.91 Å². The number of aromatic nitrogens is 1. The van der Waals surface area contributed by atoms with Crippen molar-refractivity contribution >= 4 is 16.8 Å². The first-order chi connectivity index (χ1) is 10.6. The lowest BCUT2D eigenvalue weighted by molar-refractivity contribution is -0.120. The molecule has 0 aliphatic heterocycles. The SMILES string of the molecule is COCCn1cc(CC(=O)NCCN(C)C)c2ccccc21. The van der Waals surface area contributed by atoms with Crippen molar-refractivity contribution < 1.29 is 9.53 Å². The number of benzene rings is 1. The number of ether oxygens (including phenoxy) is 1. The molecule has 0 unspecified atom stereocenters. The van der Waals surface area contributed by atoms with Gasteiger partial charge in [-0.15, -0.1) is 0 Å². The maximum absolute atomic E-state index is 12.1. The van der Waals surface area contributed by atoms with Crippen molar-refractivity contribution in [2.75, 3.05) is 40.9 Å². The van der Waals surface area contributed by atoms with Gasteiger partial charge in [-0.25, -0.2) is 0 Å². The predicted octanol–water partition coefficient (Wildman–Crippen LogP) is 1.51. The molecule has 120 valence electrons. The number of fused-ring (bicyclic) bond motifs is 1. The Kier molecular flexibility index (Phi) is 5.98. The van der Waals surface area contributed by atoms with Crippen LogP contribution in [-0.4, -0.2) is 56.3 Å². The lowest BCUT2D eigenvalue weighted by Gasteiger charge is -2.10. The zero-order chi connectivity index (χ0) is 15.9. The largest absolute Gasteiger partial charge is 0.383 e. The van der Waals surface area contributed by atoms with Crippen LogP contribution in [0.15, 0.2) is 30.5 Å². The Balaban J connectivity index is 2.08. The van der Waals surface area contributed by atoms with Crippen LogP contribution in [0, 0.1) is 0 Å². The normalized spacial score (nSPS) is 11.3. The van der Waals surface area contributed by atoms with Crippen LogP contribution in [0.3, 0.4) is 0 Å². The van der Waals surface area contributed by atoms with Crippen LogP contribution in [0.2, 0.25) is 0 Å². The van der Waals surface area contributed by atoms with Crippen molar-refractivity contribution in [1.29, 1.82) is 0 Å². The zero-order valence-electron chi connectivity index (χ0n) is 13.6. The fraction of sp³-hybridized carbons (Fsp3) is 0.471. The van der Waals surface area contributed by atoms with Crippen molar-refractivity contribution in [2.24, 2.45) is 0 Å². The van der Waals surface area contributed by atoms with Gasteiger partial charge in [-0.1, -0.05) is 18.2 Å². The molecular formula is C17H25N3O2. The van der Waals surface area contributed by atoms with Gasteiger partial charge in [0.2, 0.25) is 5.91 Å². The number of hydrogen-bond donors (Lipinski definition) is 1. The summed E-state index contributed by atoms with van der Waals surface area (Å²) in [6, 6.07) is 8.18. The van der Waals surface area contributed by atoms with Crippen LogP contribution < -0.4 is 5.32 Å². The van der Waals surface area contributed by atoms with Crippen molar-refractivity contribution in [3.05, 3.63) is 36.0 Å². The van der Waals surface area contributed by atoms with Gasteiger partial charge in [-0.2, -0.15) is 0 Å². The molecule has 0 fully saturated rings. The predicted molar refractivity (Wildman–Crippen MR) is 89.1 cm³/mol. The molecule has 0 spiro atoms. The Morgan fingerprint density at radius 1 is 1.32 bits per heavy atom. The quantitative estimate of drug-likeness (QED) is 0.804. The summed E-state index contributed by atoms with van der Waals surface area (Å²) in [5.41, 5.74) is 2.21. The topological polar surface area (TPSA) is 46.5 Å². The molecule has 5 nitrogen and oxygen atoms in total. The minimum atomic E-state index is 0.0662. The first kappa shape index (κ1) is 16.5. The highest BCUT2D eigenvalue weighted by atomic mass is 16.5. The lowest BCUT2D eigenvalue weighted by atomic mass is 10.1. The fourth-order valence-electron chi connectivity index (χ4n) is 2.49. The third-order valence-electron chi connectivity index (χ3n) is 3.64. The molecule has 0 aliphatic rings. The van der Waals surface area contributed by atoms with E-state index in [1.165, 1.54) is 0 Å². The Hall–Kier alpha value is -1.85. The molecule has 1 heterocycles.